The molecule has 0 fully saturated rings. The van der Waals surface area contributed by atoms with Crippen LogP contribution in [-0.4, -0.2) is 44.9 Å². The minimum atomic E-state index is -0.733. The van der Waals surface area contributed by atoms with Crippen LogP contribution in [0.25, 0.3) is 0 Å². The van der Waals surface area contributed by atoms with E-state index in [4.69, 9.17) is 0 Å². The van der Waals surface area contributed by atoms with E-state index in [9.17, 15) is 14.4 Å². The number of hydrogen-bond acceptors (Lipinski definition) is 3. The Kier molecular flexibility index (Phi) is 9.85. The Morgan fingerprint density at radius 2 is 1.55 bits per heavy atom. The van der Waals surface area contributed by atoms with E-state index < -0.39 is 11.8 Å². The van der Waals surface area contributed by atoms with E-state index >= 15 is 0 Å². The third kappa shape index (κ3) is 7.56. The fraction of sp³-hybridized carbons (Fsp3) is 0.286. The van der Waals surface area contributed by atoms with Crippen LogP contribution in [0.5, 0.6) is 0 Å². The van der Waals surface area contributed by atoms with Crippen molar-refractivity contribution >= 4 is 29.1 Å². The lowest BCUT2D eigenvalue weighted by Crippen LogP contribution is -3.06. The number of benzene rings is 2. The summed E-state index contributed by atoms with van der Waals surface area (Å²) in [6.07, 6.45) is 0.819. The van der Waals surface area contributed by atoms with Crippen LogP contribution in [-0.2, 0) is 16.0 Å². The minimum absolute atomic E-state index is 0. The lowest BCUT2D eigenvalue weighted by atomic mass is 10.1. The summed E-state index contributed by atoms with van der Waals surface area (Å²) in [6.45, 7) is 3.18. The van der Waals surface area contributed by atoms with E-state index in [-0.39, 0.29) is 18.3 Å². The van der Waals surface area contributed by atoms with Gasteiger partial charge in [-0.2, -0.15) is 0 Å². The zero-order valence-corrected chi connectivity index (χ0v) is 17.6. The van der Waals surface area contributed by atoms with Gasteiger partial charge in [0.15, 0.2) is 0 Å². The lowest BCUT2D eigenvalue weighted by molar-refractivity contribution is -0.856. The Morgan fingerprint density at radius 3 is 2.17 bits per heavy atom. The quantitative estimate of drug-likeness (QED) is 0.381. The number of carbonyl (C=O) groups excluding carboxylic acids is 3. The molecule has 29 heavy (non-hydrogen) atoms. The number of quaternary nitrogens is 1. The van der Waals surface area contributed by atoms with Crippen molar-refractivity contribution in [2.24, 2.45) is 0 Å². The molecular formula is C21H27ClN4O3. The molecular weight excluding hydrogens is 392 g/mol. The third-order valence-electron chi connectivity index (χ3n) is 4.17. The second kappa shape index (κ2) is 11.8. The summed E-state index contributed by atoms with van der Waals surface area (Å²) in [5, 5.41) is 7.99. The molecule has 0 aromatic heterocycles. The van der Waals surface area contributed by atoms with Crippen molar-refractivity contribution in [2.45, 2.75) is 13.3 Å². The van der Waals surface area contributed by atoms with Crippen molar-refractivity contribution in [3.8, 4) is 0 Å². The van der Waals surface area contributed by atoms with Crippen LogP contribution < -0.4 is 33.3 Å². The normalized spacial score (nSPS) is 10.1. The smallest absolute Gasteiger partial charge is 0.313 e. The largest absolute Gasteiger partial charge is 1.00 e. The molecule has 2 aromatic carbocycles. The summed E-state index contributed by atoms with van der Waals surface area (Å²) in [7, 11) is 3.93. The topological polar surface area (TPSA) is 91.7 Å². The summed E-state index contributed by atoms with van der Waals surface area (Å²) in [5.74, 6) is -1.65. The van der Waals surface area contributed by atoms with Gasteiger partial charge in [-0.25, -0.2) is 0 Å². The van der Waals surface area contributed by atoms with Crippen LogP contribution >= 0.6 is 0 Å². The van der Waals surface area contributed by atoms with Crippen molar-refractivity contribution in [1.29, 1.82) is 0 Å². The Labute approximate surface area is 177 Å². The molecule has 156 valence electrons. The number of halogens is 1. The molecule has 4 N–H and O–H groups in total. The number of nitrogens with one attached hydrogen (secondary N) is 4. The first-order chi connectivity index (χ1) is 13.4. The standard InChI is InChI=1S/C21H26N4O3.ClH/c1-4-15-7-5-6-8-18(15)24-19(26)16-9-11-17(12-10-16)23-21(28)20(27)22-13-14-25(2)3;/h5-12H,4,13-14H2,1-3H3,(H,22,27)(H,23,28)(H,24,26);1H. The molecule has 0 bridgehead atoms. The first-order valence-electron chi connectivity index (χ1n) is 9.28. The Morgan fingerprint density at radius 1 is 0.897 bits per heavy atom. The number of carbonyl (C=O) groups is 3. The molecule has 0 radical (unpaired) electrons. The van der Waals surface area contributed by atoms with E-state index in [1.165, 1.54) is 4.90 Å². The van der Waals surface area contributed by atoms with Gasteiger partial charge < -0.3 is 33.3 Å². The Bertz CT molecular complexity index is 838. The summed E-state index contributed by atoms with van der Waals surface area (Å²) in [4.78, 5) is 37.3. The maximum atomic E-state index is 12.4. The molecule has 0 saturated heterocycles. The lowest BCUT2D eigenvalue weighted by Gasteiger charge is -2.11. The molecule has 0 unspecified atom stereocenters. The van der Waals surface area contributed by atoms with Crippen molar-refractivity contribution in [3.63, 3.8) is 0 Å². The zero-order chi connectivity index (χ0) is 20.5. The molecule has 0 aliphatic rings. The highest BCUT2D eigenvalue weighted by Crippen LogP contribution is 2.17. The SMILES string of the molecule is CCc1ccccc1NC(=O)c1ccc(NC(=O)C(=O)NCC[NH+](C)C)cc1.[Cl-]. The van der Waals surface area contributed by atoms with Crippen LogP contribution in [0, 0.1) is 0 Å². The molecule has 0 heterocycles. The average Bonchev–Trinajstić information content (AvgIpc) is 2.68. The maximum Gasteiger partial charge on any atom is 0.313 e. The summed E-state index contributed by atoms with van der Waals surface area (Å²) in [5.41, 5.74) is 2.75. The number of para-hydroxylation sites is 1. The molecule has 0 aliphatic carbocycles. The van der Waals surface area contributed by atoms with Gasteiger partial charge in [0.1, 0.15) is 0 Å². The van der Waals surface area contributed by atoms with E-state index in [0.717, 1.165) is 24.2 Å². The maximum absolute atomic E-state index is 12.4. The van der Waals surface area contributed by atoms with Crippen molar-refractivity contribution in [2.75, 3.05) is 37.8 Å². The minimum Gasteiger partial charge on any atom is -1.00 e. The van der Waals surface area contributed by atoms with E-state index in [2.05, 4.69) is 16.0 Å². The predicted octanol–water partition coefficient (Wildman–Crippen LogP) is -2.30. The summed E-state index contributed by atoms with van der Waals surface area (Å²) < 4.78 is 0. The van der Waals surface area contributed by atoms with E-state index in [0.29, 0.717) is 17.8 Å². The van der Waals surface area contributed by atoms with Gasteiger partial charge in [-0.15, -0.1) is 0 Å². The predicted molar refractivity (Wildman–Crippen MR) is 110 cm³/mol. The molecule has 0 saturated carbocycles. The van der Waals surface area contributed by atoms with Gasteiger partial charge in [0, 0.05) is 16.9 Å². The van der Waals surface area contributed by atoms with Gasteiger partial charge in [0.25, 0.3) is 5.91 Å². The number of aryl methyl sites for hydroxylation is 1. The van der Waals surface area contributed by atoms with Crippen molar-refractivity contribution in [1.82, 2.24) is 5.32 Å². The average molecular weight is 419 g/mol. The Balaban J connectivity index is 0.00000420. The first kappa shape index (κ1) is 24.1. The first-order valence-corrected chi connectivity index (χ1v) is 9.28. The fourth-order valence-electron chi connectivity index (χ4n) is 2.54. The van der Waals surface area contributed by atoms with E-state index in [1.807, 2.05) is 45.3 Å². The second-order valence-electron chi connectivity index (χ2n) is 6.71. The van der Waals surface area contributed by atoms with Gasteiger partial charge in [0.05, 0.1) is 27.2 Å². The zero-order valence-electron chi connectivity index (χ0n) is 16.8. The Hall–Kier alpha value is -2.90. The monoisotopic (exact) mass is 418 g/mol. The van der Waals surface area contributed by atoms with Gasteiger partial charge in [-0.05, 0) is 42.3 Å². The number of amides is 3. The number of likely N-dealkylation sites (N-methyl/N-ethyl adjacent to an activating group) is 1. The van der Waals surface area contributed by atoms with Crippen LogP contribution in [0.3, 0.4) is 0 Å². The molecule has 0 atom stereocenters. The van der Waals surface area contributed by atoms with Crippen molar-refractivity contribution in [3.05, 3.63) is 59.7 Å². The highest BCUT2D eigenvalue weighted by atomic mass is 35.5. The van der Waals surface area contributed by atoms with Crippen LogP contribution in [0.4, 0.5) is 11.4 Å². The molecule has 0 spiro atoms. The highest BCUT2D eigenvalue weighted by Gasteiger charge is 2.14. The summed E-state index contributed by atoms with van der Waals surface area (Å²) >= 11 is 0. The fourth-order valence-corrected chi connectivity index (χ4v) is 2.54. The molecule has 2 rings (SSSR count). The van der Waals surface area contributed by atoms with Crippen LogP contribution in [0.15, 0.2) is 48.5 Å². The van der Waals surface area contributed by atoms with Gasteiger partial charge >= 0.3 is 11.8 Å². The molecule has 2 aromatic rings. The second-order valence-corrected chi connectivity index (χ2v) is 6.71. The molecule has 3 amide bonds. The van der Waals surface area contributed by atoms with Crippen LogP contribution in [0.1, 0.15) is 22.8 Å². The van der Waals surface area contributed by atoms with E-state index in [1.54, 1.807) is 24.3 Å². The number of anilines is 2. The van der Waals surface area contributed by atoms with Gasteiger partial charge in [0.2, 0.25) is 0 Å². The molecule has 0 aliphatic heterocycles. The van der Waals surface area contributed by atoms with Crippen LogP contribution in [0.2, 0.25) is 0 Å². The number of rotatable bonds is 7. The van der Waals surface area contributed by atoms with Crippen molar-refractivity contribution < 1.29 is 31.7 Å². The number of hydrogen-bond donors (Lipinski definition) is 4. The van der Waals surface area contributed by atoms with Gasteiger partial charge in [-0.3, -0.25) is 14.4 Å². The highest BCUT2D eigenvalue weighted by molar-refractivity contribution is 6.39. The molecule has 7 nitrogen and oxygen atoms in total. The third-order valence-corrected chi connectivity index (χ3v) is 4.17. The summed E-state index contributed by atoms with van der Waals surface area (Å²) in [6, 6.07) is 14.0. The molecule has 8 heteroatoms. The van der Waals surface area contributed by atoms with Gasteiger partial charge in [-0.1, -0.05) is 25.1 Å².